The van der Waals surface area contributed by atoms with Gasteiger partial charge in [0.15, 0.2) is 0 Å². The van der Waals surface area contributed by atoms with Gasteiger partial charge in [0, 0.05) is 30.9 Å². The highest BCUT2D eigenvalue weighted by atomic mass is 32.2. The van der Waals surface area contributed by atoms with Crippen molar-refractivity contribution in [3.05, 3.63) is 53.6 Å². The molecule has 1 fully saturated rings. The number of rotatable bonds is 4. The van der Waals surface area contributed by atoms with Crippen LogP contribution in [0.4, 0.5) is 11.4 Å². The topological polar surface area (TPSA) is 95.6 Å². The van der Waals surface area contributed by atoms with Crippen molar-refractivity contribution in [1.82, 2.24) is 4.31 Å². The van der Waals surface area contributed by atoms with Crippen LogP contribution in [0.25, 0.3) is 0 Å². The quantitative estimate of drug-likeness (QED) is 0.757. The lowest BCUT2D eigenvalue weighted by Gasteiger charge is -2.25. The van der Waals surface area contributed by atoms with Crippen LogP contribution in [-0.2, 0) is 19.6 Å². The van der Waals surface area contributed by atoms with Crippen LogP contribution >= 0.6 is 0 Å². The van der Waals surface area contributed by atoms with Crippen LogP contribution in [0, 0.1) is 6.92 Å². The number of carbonyl (C=O) groups excluding carboxylic acids is 2. The molecular formula is C23H27N3O4S. The molecule has 4 rings (SSSR count). The average molecular weight is 442 g/mol. The van der Waals surface area contributed by atoms with Crippen LogP contribution in [-0.4, -0.2) is 37.6 Å². The third-order valence-corrected chi connectivity index (χ3v) is 8.00. The number of sulfonamides is 1. The van der Waals surface area contributed by atoms with Gasteiger partial charge in [-0.1, -0.05) is 37.1 Å². The Labute approximate surface area is 182 Å². The number of nitrogens with one attached hydrogen (secondary N) is 2. The molecule has 2 aliphatic rings. The summed E-state index contributed by atoms with van der Waals surface area (Å²) in [5.74, 6) is -1.17. The van der Waals surface area contributed by atoms with E-state index in [2.05, 4.69) is 10.6 Å². The molecule has 2 aromatic rings. The van der Waals surface area contributed by atoms with Crippen molar-refractivity contribution in [1.29, 1.82) is 0 Å². The molecule has 164 valence electrons. The van der Waals surface area contributed by atoms with Crippen LogP contribution in [0.15, 0.2) is 47.4 Å². The van der Waals surface area contributed by atoms with Crippen molar-refractivity contribution in [3.8, 4) is 0 Å². The summed E-state index contributed by atoms with van der Waals surface area (Å²) in [7, 11) is -3.64. The second-order valence-electron chi connectivity index (χ2n) is 8.18. The molecule has 1 atom stereocenters. The Morgan fingerprint density at radius 1 is 1.06 bits per heavy atom. The summed E-state index contributed by atoms with van der Waals surface area (Å²) in [6.07, 6.45) is 3.85. The van der Waals surface area contributed by atoms with E-state index in [1.165, 1.54) is 6.07 Å². The Morgan fingerprint density at radius 3 is 2.52 bits per heavy atom. The molecule has 0 bridgehead atoms. The summed E-state index contributed by atoms with van der Waals surface area (Å²) >= 11 is 0. The van der Waals surface area contributed by atoms with E-state index >= 15 is 0 Å². The van der Waals surface area contributed by atoms with Crippen molar-refractivity contribution in [2.75, 3.05) is 23.7 Å². The average Bonchev–Trinajstić information content (AvgIpc) is 3.04. The molecule has 0 saturated carbocycles. The molecule has 31 heavy (non-hydrogen) atoms. The van der Waals surface area contributed by atoms with Gasteiger partial charge in [0.1, 0.15) is 0 Å². The van der Waals surface area contributed by atoms with Crippen LogP contribution in [0.5, 0.6) is 0 Å². The number of aryl methyl sites for hydroxylation is 1. The third-order valence-electron chi connectivity index (χ3n) is 5.95. The Bertz CT molecular complexity index is 1110. The fourth-order valence-corrected chi connectivity index (χ4v) is 6.02. The Morgan fingerprint density at radius 2 is 1.77 bits per heavy atom. The maximum Gasteiger partial charge on any atom is 0.243 e. The highest BCUT2D eigenvalue weighted by Gasteiger charge is 2.31. The zero-order chi connectivity index (χ0) is 22.0. The minimum Gasteiger partial charge on any atom is -0.326 e. The normalized spacial score (nSPS) is 19.8. The minimum absolute atomic E-state index is 0.0492. The predicted octanol–water partition coefficient (Wildman–Crippen LogP) is 3.62. The largest absolute Gasteiger partial charge is 0.326 e. The standard InChI is InChI=1S/C23H27N3O4S/c1-16-10-11-17(14-21(16)31(29,30)26-12-6-2-3-7-13-26)24-23(28)19-15-22(27)25-20-9-5-4-8-18(19)20/h4-5,8-11,14,19H,2-3,6-7,12-13,15H2,1H3,(H,24,28)(H,25,27). The Balaban J connectivity index is 1.59. The molecule has 8 heteroatoms. The van der Waals surface area contributed by atoms with Crippen molar-refractivity contribution in [3.63, 3.8) is 0 Å². The number of hydrogen-bond donors (Lipinski definition) is 2. The first-order chi connectivity index (χ1) is 14.9. The zero-order valence-electron chi connectivity index (χ0n) is 17.6. The zero-order valence-corrected chi connectivity index (χ0v) is 18.4. The first-order valence-electron chi connectivity index (χ1n) is 10.7. The molecule has 0 aliphatic carbocycles. The number of anilines is 2. The predicted molar refractivity (Wildman–Crippen MR) is 119 cm³/mol. The minimum atomic E-state index is -3.64. The number of hydrogen-bond acceptors (Lipinski definition) is 4. The summed E-state index contributed by atoms with van der Waals surface area (Å²) in [6.45, 7) is 2.80. The number of nitrogens with zero attached hydrogens (tertiary/aromatic N) is 1. The summed E-state index contributed by atoms with van der Waals surface area (Å²) < 4.78 is 28.1. The number of benzene rings is 2. The first kappa shape index (κ1) is 21.5. The van der Waals surface area contributed by atoms with Gasteiger partial charge in [0.2, 0.25) is 21.8 Å². The molecule has 1 unspecified atom stereocenters. The van der Waals surface area contributed by atoms with Gasteiger partial charge in [-0.25, -0.2) is 8.42 Å². The Kier molecular flexibility index (Phi) is 6.11. The van der Waals surface area contributed by atoms with E-state index in [4.69, 9.17) is 0 Å². The van der Waals surface area contributed by atoms with Gasteiger partial charge < -0.3 is 10.6 Å². The van der Waals surface area contributed by atoms with Crippen LogP contribution < -0.4 is 10.6 Å². The monoisotopic (exact) mass is 441 g/mol. The van der Waals surface area contributed by atoms with E-state index < -0.39 is 15.9 Å². The second-order valence-corrected chi connectivity index (χ2v) is 10.1. The third kappa shape index (κ3) is 4.50. The first-order valence-corrected chi connectivity index (χ1v) is 12.1. The molecule has 0 aromatic heterocycles. The molecule has 2 aromatic carbocycles. The summed E-state index contributed by atoms with van der Waals surface area (Å²) in [4.78, 5) is 25.3. The lowest BCUT2D eigenvalue weighted by Crippen LogP contribution is -2.32. The molecule has 2 amide bonds. The van der Waals surface area contributed by atoms with Gasteiger partial charge in [-0.15, -0.1) is 0 Å². The summed E-state index contributed by atoms with van der Waals surface area (Å²) in [5.41, 5.74) is 2.44. The number of fused-ring (bicyclic) bond motifs is 1. The SMILES string of the molecule is Cc1ccc(NC(=O)C2CC(=O)Nc3ccccc32)cc1S(=O)(=O)N1CCCCCC1. The maximum absolute atomic E-state index is 13.3. The summed E-state index contributed by atoms with van der Waals surface area (Å²) in [5, 5.41) is 5.61. The van der Waals surface area contributed by atoms with Crippen molar-refractivity contribution >= 4 is 33.2 Å². The number of amides is 2. The maximum atomic E-state index is 13.3. The molecule has 0 radical (unpaired) electrons. The molecule has 2 heterocycles. The van der Waals surface area contributed by atoms with Crippen LogP contribution in [0.3, 0.4) is 0 Å². The smallest absolute Gasteiger partial charge is 0.243 e. The Hall–Kier alpha value is -2.71. The van der Waals surface area contributed by atoms with Crippen LogP contribution in [0.1, 0.15) is 49.1 Å². The van der Waals surface area contributed by atoms with Crippen LogP contribution in [0.2, 0.25) is 0 Å². The lowest BCUT2D eigenvalue weighted by molar-refractivity contribution is -0.123. The highest BCUT2D eigenvalue weighted by molar-refractivity contribution is 7.89. The molecular weight excluding hydrogens is 414 g/mol. The number of para-hydroxylation sites is 1. The lowest BCUT2D eigenvalue weighted by atomic mass is 9.90. The molecule has 0 spiro atoms. The molecule has 2 aliphatic heterocycles. The van der Waals surface area contributed by atoms with Crippen molar-refractivity contribution in [2.24, 2.45) is 0 Å². The van der Waals surface area contributed by atoms with E-state index in [0.29, 0.717) is 30.0 Å². The van der Waals surface area contributed by atoms with Gasteiger partial charge in [0.05, 0.1) is 10.8 Å². The van der Waals surface area contributed by atoms with Gasteiger partial charge in [0.25, 0.3) is 0 Å². The summed E-state index contributed by atoms with van der Waals surface area (Å²) in [6, 6.07) is 12.2. The van der Waals surface area contributed by atoms with E-state index in [0.717, 1.165) is 31.2 Å². The van der Waals surface area contributed by atoms with Gasteiger partial charge >= 0.3 is 0 Å². The fourth-order valence-electron chi connectivity index (χ4n) is 4.25. The molecule has 7 nitrogen and oxygen atoms in total. The van der Waals surface area contributed by atoms with E-state index in [1.807, 2.05) is 12.1 Å². The van der Waals surface area contributed by atoms with Gasteiger partial charge in [-0.2, -0.15) is 4.31 Å². The fraction of sp³-hybridized carbons (Fsp3) is 0.391. The van der Waals surface area contributed by atoms with E-state index in [1.54, 1.807) is 35.5 Å². The van der Waals surface area contributed by atoms with E-state index in [9.17, 15) is 18.0 Å². The number of carbonyl (C=O) groups is 2. The van der Waals surface area contributed by atoms with E-state index in [-0.39, 0.29) is 23.1 Å². The second kappa shape index (κ2) is 8.80. The van der Waals surface area contributed by atoms with Crippen molar-refractivity contribution in [2.45, 2.75) is 49.8 Å². The highest BCUT2D eigenvalue weighted by Crippen LogP contribution is 2.33. The van der Waals surface area contributed by atoms with Gasteiger partial charge in [-0.05, 0) is 49.1 Å². The van der Waals surface area contributed by atoms with Gasteiger partial charge in [-0.3, -0.25) is 9.59 Å². The molecule has 1 saturated heterocycles. The molecule has 2 N–H and O–H groups in total. The van der Waals surface area contributed by atoms with Crippen molar-refractivity contribution < 1.29 is 18.0 Å².